The number of halogens is 1. The van der Waals surface area contributed by atoms with Gasteiger partial charge in [-0.3, -0.25) is 0 Å². The van der Waals surface area contributed by atoms with Gasteiger partial charge in [0.2, 0.25) is 0 Å². The van der Waals surface area contributed by atoms with Gasteiger partial charge in [-0.25, -0.2) is 0 Å². The lowest BCUT2D eigenvalue weighted by Crippen LogP contribution is -2.24. The van der Waals surface area contributed by atoms with Crippen LogP contribution in [0.15, 0.2) is 6.07 Å². The van der Waals surface area contributed by atoms with Crippen LogP contribution in [0.4, 0.5) is 0 Å². The van der Waals surface area contributed by atoms with Crippen molar-refractivity contribution in [3.8, 4) is 17.2 Å². The summed E-state index contributed by atoms with van der Waals surface area (Å²) in [5.74, 6) is 1.53. The maximum Gasteiger partial charge on any atom is 0.166 e. The fraction of sp³-hybridized carbons (Fsp3) is 0.538. The van der Waals surface area contributed by atoms with E-state index in [0.29, 0.717) is 27.8 Å². The Bertz CT molecular complexity index is 429. The maximum absolute atomic E-state index is 9.52. The van der Waals surface area contributed by atoms with E-state index in [1.807, 2.05) is 13.8 Å². The second-order valence-electron chi connectivity index (χ2n) is 4.55. The quantitative estimate of drug-likeness (QED) is 0.897. The van der Waals surface area contributed by atoms with Crippen molar-refractivity contribution in [1.82, 2.24) is 0 Å². The van der Waals surface area contributed by atoms with E-state index in [1.54, 1.807) is 13.2 Å². The van der Waals surface area contributed by atoms with Crippen LogP contribution >= 0.6 is 11.6 Å². The number of benzene rings is 1. The summed E-state index contributed by atoms with van der Waals surface area (Å²) in [6.07, 6.45) is 0. The van der Waals surface area contributed by atoms with Gasteiger partial charge in [-0.05, 0) is 0 Å². The molecule has 1 aromatic carbocycles. The van der Waals surface area contributed by atoms with Crippen LogP contribution in [0.5, 0.6) is 17.2 Å². The van der Waals surface area contributed by atoms with Crippen LogP contribution in [0.2, 0.25) is 5.02 Å². The molecule has 0 radical (unpaired) electrons. The van der Waals surface area contributed by atoms with Gasteiger partial charge in [-0.1, -0.05) is 25.4 Å². The minimum Gasteiger partial charge on any atom is -0.495 e. The highest BCUT2D eigenvalue weighted by Gasteiger charge is 2.31. The van der Waals surface area contributed by atoms with Gasteiger partial charge in [0.1, 0.15) is 5.75 Å². The van der Waals surface area contributed by atoms with Crippen LogP contribution in [0.1, 0.15) is 19.4 Å². The van der Waals surface area contributed by atoms with E-state index in [4.69, 9.17) is 25.8 Å². The van der Waals surface area contributed by atoms with Gasteiger partial charge in [-0.2, -0.15) is 0 Å². The normalized spacial score (nSPS) is 11.3. The first-order chi connectivity index (χ1) is 8.42. The summed E-state index contributed by atoms with van der Waals surface area (Å²) < 4.78 is 15.8. The molecule has 4 nitrogen and oxygen atoms in total. The molecular formula is C13H19ClO4. The lowest BCUT2D eigenvalue weighted by molar-refractivity contribution is 0.213. The van der Waals surface area contributed by atoms with Gasteiger partial charge < -0.3 is 19.3 Å². The molecule has 0 heterocycles. The summed E-state index contributed by atoms with van der Waals surface area (Å²) in [5, 5.41) is 9.95. The zero-order valence-corrected chi connectivity index (χ0v) is 12.1. The standard InChI is InChI=1S/C13H19ClO4/c1-13(2,7-15)10-11(14)8(16-3)6-9(17-4)12(10)18-5/h6,15H,7H2,1-5H3. The molecule has 5 heteroatoms. The molecule has 0 amide bonds. The van der Waals surface area contributed by atoms with E-state index in [-0.39, 0.29) is 6.61 Å². The molecule has 0 saturated heterocycles. The number of aliphatic hydroxyl groups is 1. The average Bonchev–Trinajstić information content (AvgIpc) is 2.37. The van der Waals surface area contributed by atoms with Gasteiger partial charge in [-0.15, -0.1) is 0 Å². The first-order valence-electron chi connectivity index (χ1n) is 5.52. The summed E-state index contributed by atoms with van der Waals surface area (Å²) in [6, 6.07) is 1.66. The Balaban J connectivity index is 3.63. The second kappa shape index (κ2) is 5.67. The number of hydrogen-bond acceptors (Lipinski definition) is 4. The molecular weight excluding hydrogens is 256 g/mol. The molecule has 1 rings (SSSR count). The Hall–Kier alpha value is -1.13. The molecule has 0 bridgehead atoms. The first-order valence-corrected chi connectivity index (χ1v) is 5.90. The molecule has 0 fully saturated rings. The van der Waals surface area contributed by atoms with Crippen molar-refractivity contribution in [2.24, 2.45) is 0 Å². The maximum atomic E-state index is 9.52. The predicted molar refractivity (Wildman–Crippen MR) is 71.2 cm³/mol. The number of aliphatic hydroxyl groups excluding tert-OH is 1. The molecule has 0 atom stereocenters. The molecule has 0 saturated carbocycles. The largest absolute Gasteiger partial charge is 0.495 e. The van der Waals surface area contributed by atoms with Crippen molar-refractivity contribution < 1.29 is 19.3 Å². The van der Waals surface area contributed by atoms with Gasteiger partial charge in [0.25, 0.3) is 0 Å². The Labute approximate surface area is 112 Å². The van der Waals surface area contributed by atoms with Crippen molar-refractivity contribution in [3.63, 3.8) is 0 Å². The van der Waals surface area contributed by atoms with E-state index < -0.39 is 5.41 Å². The summed E-state index contributed by atoms with van der Waals surface area (Å²) >= 11 is 6.31. The minimum atomic E-state index is -0.565. The summed E-state index contributed by atoms with van der Waals surface area (Å²) in [6.45, 7) is 3.67. The fourth-order valence-corrected chi connectivity index (χ4v) is 2.25. The third-order valence-corrected chi connectivity index (χ3v) is 3.24. The van der Waals surface area contributed by atoms with Crippen LogP contribution in [0.25, 0.3) is 0 Å². The molecule has 0 aliphatic carbocycles. The van der Waals surface area contributed by atoms with Crippen molar-refractivity contribution >= 4 is 11.6 Å². The Kier molecular flexibility index (Phi) is 4.71. The number of rotatable bonds is 5. The monoisotopic (exact) mass is 274 g/mol. The lowest BCUT2D eigenvalue weighted by Gasteiger charge is -2.27. The highest BCUT2D eigenvalue weighted by Crippen LogP contribution is 2.47. The third kappa shape index (κ3) is 2.49. The highest BCUT2D eigenvalue weighted by atomic mass is 35.5. The van der Waals surface area contributed by atoms with Crippen LogP contribution in [-0.2, 0) is 5.41 Å². The Morgan fingerprint density at radius 3 is 2.06 bits per heavy atom. The molecule has 102 valence electrons. The van der Waals surface area contributed by atoms with Crippen molar-refractivity contribution in [3.05, 3.63) is 16.7 Å². The zero-order chi connectivity index (χ0) is 13.9. The molecule has 1 aromatic rings. The molecule has 0 aliphatic heterocycles. The SMILES string of the molecule is COc1cc(OC)c(OC)c(C(C)(C)CO)c1Cl. The van der Waals surface area contributed by atoms with Crippen molar-refractivity contribution in [1.29, 1.82) is 0 Å². The molecule has 0 aromatic heterocycles. The van der Waals surface area contributed by atoms with Gasteiger partial charge >= 0.3 is 0 Å². The van der Waals surface area contributed by atoms with Gasteiger partial charge in [0.15, 0.2) is 11.5 Å². The smallest absolute Gasteiger partial charge is 0.166 e. The Morgan fingerprint density at radius 2 is 1.67 bits per heavy atom. The first kappa shape index (κ1) is 14.9. The van der Waals surface area contributed by atoms with Crippen LogP contribution < -0.4 is 14.2 Å². The molecule has 18 heavy (non-hydrogen) atoms. The second-order valence-corrected chi connectivity index (χ2v) is 4.92. The van der Waals surface area contributed by atoms with E-state index >= 15 is 0 Å². The zero-order valence-electron chi connectivity index (χ0n) is 11.3. The molecule has 1 N–H and O–H groups in total. The van der Waals surface area contributed by atoms with Gasteiger partial charge in [0.05, 0.1) is 33.0 Å². The van der Waals surface area contributed by atoms with E-state index in [0.717, 1.165) is 0 Å². The fourth-order valence-electron chi connectivity index (χ4n) is 1.78. The summed E-state index contributed by atoms with van der Waals surface area (Å²) in [5.41, 5.74) is 0.106. The van der Waals surface area contributed by atoms with E-state index in [9.17, 15) is 5.11 Å². The summed E-state index contributed by atoms with van der Waals surface area (Å²) in [4.78, 5) is 0. The van der Waals surface area contributed by atoms with Crippen LogP contribution in [-0.4, -0.2) is 33.0 Å². The third-order valence-electron chi connectivity index (χ3n) is 2.86. The van der Waals surface area contributed by atoms with Crippen molar-refractivity contribution in [2.45, 2.75) is 19.3 Å². The average molecular weight is 275 g/mol. The summed E-state index contributed by atoms with van der Waals surface area (Å²) in [7, 11) is 4.61. The highest BCUT2D eigenvalue weighted by molar-refractivity contribution is 6.33. The topological polar surface area (TPSA) is 47.9 Å². The van der Waals surface area contributed by atoms with Gasteiger partial charge in [0, 0.05) is 17.0 Å². The molecule has 0 aliphatic rings. The number of methoxy groups -OCH3 is 3. The lowest BCUT2D eigenvalue weighted by atomic mass is 9.84. The molecule has 0 spiro atoms. The van der Waals surface area contributed by atoms with Crippen molar-refractivity contribution in [2.75, 3.05) is 27.9 Å². The predicted octanol–water partition coefficient (Wildman–Crippen LogP) is 2.64. The number of ether oxygens (including phenoxy) is 3. The Morgan fingerprint density at radius 1 is 1.11 bits per heavy atom. The molecule has 0 unspecified atom stereocenters. The number of hydrogen-bond donors (Lipinski definition) is 1. The minimum absolute atomic E-state index is 0.0700. The van der Waals surface area contributed by atoms with Crippen LogP contribution in [0, 0.1) is 0 Å². The van der Waals surface area contributed by atoms with E-state index in [2.05, 4.69) is 0 Å². The van der Waals surface area contributed by atoms with E-state index in [1.165, 1.54) is 14.2 Å². The van der Waals surface area contributed by atoms with Crippen LogP contribution in [0.3, 0.4) is 0 Å².